The minimum Gasteiger partial charge on any atom is -0.591 e. The quantitative estimate of drug-likeness (QED) is 0.467. The van der Waals surface area contributed by atoms with Gasteiger partial charge >= 0.3 is 0 Å². The monoisotopic (exact) mass is 262 g/mol. The van der Waals surface area contributed by atoms with Crippen LogP contribution in [0.2, 0.25) is 5.15 Å². The number of nitrogens with zero attached hydrogens (tertiary/aromatic N) is 2. The molecule has 0 aliphatic heterocycles. The summed E-state index contributed by atoms with van der Waals surface area (Å²) in [4.78, 5) is 3.57. The summed E-state index contributed by atoms with van der Waals surface area (Å²) in [5.74, 6) is -0.543. The van der Waals surface area contributed by atoms with Gasteiger partial charge in [0.25, 0.3) is 0 Å². The van der Waals surface area contributed by atoms with E-state index in [4.69, 9.17) is 11.6 Å². The number of rotatable bonds is 2. The Hall–Kier alpha value is -0.650. The van der Waals surface area contributed by atoms with E-state index in [9.17, 15) is 8.94 Å². The van der Waals surface area contributed by atoms with Crippen molar-refractivity contribution < 1.29 is 8.94 Å². The molecule has 0 aromatic carbocycles. The molecule has 6 heteroatoms. The Kier molecular flexibility index (Phi) is 4.29. The van der Waals surface area contributed by atoms with E-state index in [1.54, 1.807) is 20.8 Å². The maximum Gasteiger partial charge on any atom is 0.150 e. The Morgan fingerprint density at radius 2 is 2.19 bits per heavy atom. The van der Waals surface area contributed by atoms with Crippen molar-refractivity contribution in [2.75, 3.05) is 0 Å². The molecule has 0 amide bonds. The summed E-state index contributed by atoms with van der Waals surface area (Å²) in [7, 11) is 0. The van der Waals surface area contributed by atoms with Crippen LogP contribution in [0.3, 0.4) is 0 Å². The van der Waals surface area contributed by atoms with Gasteiger partial charge in [-0.15, -0.1) is 0 Å². The zero-order valence-electron chi connectivity index (χ0n) is 9.20. The number of aromatic nitrogens is 1. The molecule has 0 radical (unpaired) electrons. The maximum atomic E-state index is 13.2. The molecule has 16 heavy (non-hydrogen) atoms. The first kappa shape index (κ1) is 13.4. The lowest BCUT2D eigenvalue weighted by molar-refractivity contribution is 0.561. The summed E-state index contributed by atoms with van der Waals surface area (Å²) >= 11 is 4.19. The lowest BCUT2D eigenvalue weighted by atomic mass is 10.3. The number of pyridine rings is 1. The molecule has 0 aliphatic rings. The summed E-state index contributed by atoms with van der Waals surface area (Å²) < 4.78 is 28.1. The Morgan fingerprint density at radius 3 is 2.75 bits per heavy atom. The molecule has 1 rings (SSSR count). The Bertz CT molecular complexity index is 406. The smallest absolute Gasteiger partial charge is 0.150 e. The van der Waals surface area contributed by atoms with Crippen LogP contribution in [0.1, 0.15) is 26.3 Å². The predicted octanol–water partition coefficient (Wildman–Crippen LogP) is 2.76. The molecule has 0 fully saturated rings. The lowest BCUT2D eigenvalue weighted by Crippen LogP contribution is -2.25. The van der Waals surface area contributed by atoms with Crippen molar-refractivity contribution in [1.82, 2.24) is 4.98 Å². The fourth-order valence-electron chi connectivity index (χ4n) is 0.789. The second-order valence-electron chi connectivity index (χ2n) is 4.12. The van der Waals surface area contributed by atoms with Crippen molar-refractivity contribution in [2.24, 2.45) is 4.40 Å². The number of hydrogen-bond donors (Lipinski definition) is 0. The Balaban J connectivity index is 2.88. The normalized spacial score (nSPS) is 14.4. The van der Waals surface area contributed by atoms with E-state index in [1.807, 2.05) is 0 Å². The highest BCUT2D eigenvalue weighted by molar-refractivity contribution is 7.91. The SMILES string of the molecule is CC(C)(C)[S+]([O-])N=Cc1cc(Cl)ncc1F. The van der Waals surface area contributed by atoms with Gasteiger partial charge in [0, 0.05) is 5.56 Å². The summed E-state index contributed by atoms with van der Waals surface area (Å²) in [6.07, 6.45) is 2.22. The third-order valence-corrected chi connectivity index (χ3v) is 3.21. The van der Waals surface area contributed by atoms with Gasteiger partial charge in [-0.3, -0.25) is 0 Å². The van der Waals surface area contributed by atoms with Gasteiger partial charge in [-0.25, -0.2) is 9.37 Å². The third-order valence-electron chi connectivity index (χ3n) is 1.66. The van der Waals surface area contributed by atoms with Crippen molar-refractivity contribution in [1.29, 1.82) is 0 Å². The summed E-state index contributed by atoms with van der Waals surface area (Å²) in [6.45, 7) is 5.36. The van der Waals surface area contributed by atoms with Gasteiger partial charge in [0.05, 0.1) is 12.4 Å². The van der Waals surface area contributed by atoms with E-state index < -0.39 is 21.9 Å². The largest absolute Gasteiger partial charge is 0.591 e. The molecular formula is C10H12ClFN2OS. The molecule has 88 valence electrons. The molecule has 1 heterocycles. The topological polar surface area (TPSA) is 48.3 Å². The molecule has 0 N–H and O–H groups in total. The minimum absolute atomic E-state index is 0.171. The van der Waals surface area contributed by atoms with Crippen LogP contribution < -0.4 is 0 Å². The van der Waals surface area contributed by atoms with Gasteiger partial charge in [-0.05, 0) is 26.8 Å². The van der Waals surface area contributed by atoms with Gasteiger partial charge in [-0.2, -0.15) is 0 Å². The summed E-state index contributed by atoms with van der Waals surface area (Å²) in [5, 5.41) is 0.171. The molecule has 0 spiro atoms. The predicted molar refractivity (Wildman–Crippen MR) is 64.7 cm³/mol. The Morgan fingerprint density at radius 1 is 1.56 bits per heavy atom. The zero-order valence-corrected chi connectivity index (χ0v) is 10.8. The third kappa shape index (κ3) is 3.73. The highest BCUT2D eigenvalue weighted by Crippen LogP contribution is 2.17. The molecule has 0 bridgehead atoms. The van der Waals surface area contributed by atoms with Crippen LogP contribution in [-0.4, -0.2) is 20.5 Å². The van der Waals surface area contributed by atoms with Crippen LogP contribution in [0.4, 0.5) is 4.39 Å². The van der Waals surface area contributed by atoms with Crippen LogP contribution in [-0.2, 0) is 11.4 Å². The standard InChI is InChI=1S/C10H12ClFN2OS/c1-10(2,3)16(15)14-5-7-4-9(11)13-6-8(7)12/h4-6H,1-3H3. The van der Waals surface area contributed by atoms with Crippen molar-refractivity contribution in [3.8, 4) is 0 Å². The first-order valence-electron chi connectivity index (χ1n) is 4.58. The highest BCUT2D eigenvalue weighted by atomic mass is 35.5. The molecule has 1 unspecified atom stereocenters. The number of hydrogen-bond acceptors (Lipinski definition) is 3. The van der Waals surface area contributed by atoms with E-state index in [-0.39, 0.29) is 10.7 Å². The van der Waals surface area contributed by atoms with Gasteiger partial charge in [0.15, 0.2) is 5.82 Å². The van der Waals surface area contributed by atoms with Gasteiger partial charge in [0.2, 0.25) is 0 Å². The van der Waals surface area contributed by atoms with Gasteiger partial charge < -0.3 is 4.55 Å². The Labute approximate surface area is 102 Å². The molecule has 0 saturated heterocycles. The van der Waals surface area contributed by atoms with E-state index >= 15 is 0 Å². The van der Waals surface area contributed by atoms with E-state index in [2.05, 4.69) is 9.38 Å². The van der Waals surface area contributed by atoms with Crippen LogP contribution in [0.15, 0.2) is 16.7 Å². The zero-order chi connectivity index (χ0) is 12.3. The highest BCUT2D eigenvalue weighted by Gasteiger charge is 2.25. The van der Waals surface area contributed by atoms with Gasteiger partial charge in [-0.1, -0.05) is 16.0 Å². The fraction of sp³-hybridized carbons (Fsp3) is 0.400. The molecule has 3 nitrogen and oxygen atoms in total. The minimum atomic E-state index is -1.41. The molecule has 1 aromatic rings. The van der Waals surface area contributed by atoms with Crippen LogP contribution >= 0.6 is 11.6 Å². The average Bonchev–Trinajstić information content (AvgIpc) is 2.17. The van der Waals surface area contributed by atoms with E-state index in [1.165, 1.54) is 12.3 Å². The van der Waals surface area contributed by atoms with Crippen LogP contribution in [0.25, 0.3) is 0 Å². The average molecular weight is 263 g/mol. The molecule has 1 aromatic heterocycles. The molecule has 0 saturated carbocycles. The first-order chi connectivity index (χ1) is 7.30. The maximum absolute atomic E-state index is 13.2. The van der Waals surface area contributed by atoms with Crippen LogP contribution in [0.5, 0.6) is 0 Å². The van der Waals surface area contributed by atoms with E-state index in [0.717, 1.165) is 6.20 Å². The summed E-state index contributed by atoms with van der Waals surface area (Å²) in [5.41, 5.74) is 0.178. The molecular weight excluding hydrogens is 251 g/mol. The van der Waals surface area contributed by atoms with Gasteiger partial charge in [0.1, 0.15) is 21.3 Å². The van der Waals surface area contributed by atoms with Crippen molar-refractivity contribution in [3.63, 3.8) is 0 Å². The summed E-state index contributed by atoms with van der Waals surface area (Å²) in [6, 6.07) is 1.33. The van der Waals surface area contributed by atoms with E-state index in [0.29, 0.717) is 0 Å². The van der Waals surface area contributed by atoms with Crippen molar-refractivity contribution >= 4 is 29.2 Å². The second kappa shape index (κ2) is 5.12. The molecule has 1 atom stereocenters. The first-order valence-corrected chi connectivity index (χ1v) is 6.06. The second-order valence-corrected chi connectivity index (χ2v) is 6.45. The molecule has 0 aliphatic carbocycles. The van der Waals surface area contributed by atoms with Crippen LogP contribution in [0, 0.1) is 5.82 Å². The van der Waals surface area contributed by atoms with Crippen molar-refractivity contribution in [3.05, 3.63) is 28.8 Å². The fourth-order valence-corrected chi connectivity index (χ4v) is 1.48. The number of halogens is 2. The lowest BCUT2D eigenvalue weighted by Gasteiger charge is -2.17. The van der Waals surface area contributed by atoms with Crippen molar-refractivity contribution in [2.45, 2.75) is 25.5 Å².